The molecule has 7 nitrogen and oxygen atoms in total. The Balaban J connectivity index is 2.29. The number of benzene rings is 1. The molecule has 5 N–H and O–H groups in total. The third-order valence-electron chi connectivity index (χ3n) is 4.37. The van der Waals surface area contributed by atoms with Crippen molar-refractivity contribution in [3.8, 4) is 11.5 Å². The molecule has 0 saturated carbocycles. The number of aliphatic hydroxyl groups is 3. The Labute approximate surface area is 146 Å². The first-order valence-corrected chi connectivity index (χ1v) is 8.34. The third kappa shape index (κ3) is 4.24. The number of hydrogen-bond acceptors (Lipinski definition) is 7. The van der Waals surface area contributed by atoms with Crippen LogP contribution in [-0.4, -0.2) is 56.2 Å². The lowest BCUT2D eigenvalue weighted by Crippen LogP contribution is -2.57. The monoisotopic (exact) mass is 354 g/mol. The first-order chi connectivity index (χ1) is 11.8. The second kappa shape index (κ2) is 8.05. The number of phenols is 2. The molecule has 0 radical (unpaired) electrons. The van der Waals surface area contributed by atoms with E-state index in [4.69, 9.17) is 9.47 Å². The zero-order valence-electron chi connectivity index (χ0n) is 14.6. The van der Waals surface area contributed by atoms with Gasteiger partial charge in [0.25, 0.3) is 0 Å². The molecule has 2 rings (SSSR count). The summed E-state index contributed by atoms with van der Waals surface area (Å²) in [5, 5.41) is 48.9. The number of ether oxygens (including phenoxy) is 2. The number of rotatable bonds is 5. The lowest BCUT2D eigenvalue weighted by molar-refractivity contribution is -0.283. The summed E-state index contributed by atoms with van der Waals surface area (Å²) in [7, 11) is 0. The van der Waals surface area contributed by atoms with Gasteiger partial charge in [-0.1, -0.05) is 13.0 Å². The molecule has 1 aromatic carbocycles. The SMILES string of the molecule is CCCC(OC1OC(C)C(O)C(O)C1O)=C(C)c1ccc(O)c(O)c1. The Morgan fingerprint density at radius 1 is 1.08 bits per heavy atom. The van der Waals surface area contributed by atoms with Gasteiger partial charge in [-0.05, 0) is 43.5 Å². The van der Waals surface area contributed by atoms with E-state index < -0.39 is 30.7 Å². The molecule has 0 bridgehead atoms. The van der Waals surface area contributed by atoms with E-state index in [9.17, 15) is 25.5 Å². The van der Waals surface area contributed by atoms with Gasteiger partial charge in [-0.2, -0.15) is 0 Å². The number of aliphatic hydroxyl groups excluding tert-OH is 3. The minimum absolute atomic E-state index is 0.216. The number of aromatic hydroxyl groups is 2. The van der Waals surface area contributed by atoms with Crippen LogP contribution in [0.3, 0.4) is 0 Å². The second-order valence-electron chi connectivity index (χ2n) is 6.30. The fourth-order valence-electron chi connectivity index (χ4n) is 2.73. The molecule has 1 fully saturated rings. The molecule has 25 heavy (non-hydrogen) atoms. The quantitative estimate of drug-likeness (QED) is 0.401. The maximum atomic E-state index is 10.1. The Morgan fingerprint density at radius 2 is 1.76 bits per heavy atom. The lowest BCUT2D eigenvalue weighted by atomic mass is 9.99. The van der Waals surface area contributed by atoms with Crippen molar-refractivity contribution in [2.45, 2.75) is 64.3 Å². The molecule has 7 heteroatoms. The van der Waals surface area contributed by atoms with Gasteiger partial charge in [0, 0.05) is 6.42 Å². The number of phenolic OH excluding ortho intramolecular Hbond substituents is 2. The summed E-state index contributed by atoms with van der Waals surface area (Å²) in [4.78, 5) is 0. The van der Waals surface area contributed by atoms with E-state index in [2.05, 4.69) is 0 Å². The highest BCUT2D eigenvalue weighted by Gasteiger charge is 2.43. The maximum absolute atomic E-state index is 10.1. The number of allylic oxidation sites excluding steroid dienone is 2. The summed E-state index contributed by atoms with van der Waals surface area (Å²) in [6.45, 7) is 5.34. The normalized spacial score (nSPS) is 30.7. The van der Waals surface area contributed by atoms with Gasteiger partial charge < -0.3 is 35.0 Å². The highest BCUT2D eigenvalue weighted by molar-refractivity contribution is 5.68. The molecule has 1 heterocycles. The van der Waals surface area contributed by atoms with Gasteiger partial charge in [-0.3, -0.25) is 0 Å². The Morgan fingerprint density at radius 3 is 2.36 bits per heavy atom. The van der Waals surface area contributed by atoms with Gasteiger partial charge >= 0.3 is 0 Å². The van der Waals surface area contributed by atoms with Gasteiger partial charge in [0.05, 0.1) is 6.10 Å². The van der Waals surface area contributed by atoms with E-state index in [0.29, 0.717) is 23.3 Å². The zero-order valence-corrected chi connectivity index (χ0v) is 14.6. The topological polar surface area (TPSA) is 120 Å². The van der Waals surface area contributed by atoms with Crippen LogP contribution in [0.4, 0.5) is 0 Å². The van der Waals surface area contributed by atoms with Crippen LogP contribution in [0.15, 0.2) is 24.0 Å². The fourth-order valence-corrected chi connectivity index (χ4v) is 2.73. The second-order valence-corrected chi connectivity index (χ2v) is 6.30. The molecule has 5 atom stereocenters. The first kappa shape index (κ1) is 19.5. The average Bonchev–Trinajstić information content (AvgIpc) is 2.59. The van der Waals surface area contributed by atoms with Crippen LogP contribution in [0.2, 0.25) is 0 Å². The highest BCUT2D eigenvalue weighted by Crippen LogP contribution is 2.32. The summed E-state index contributed by atoms with van der Waals surface area (Å²) in [6, 6.07) is 4.44. The molecule has 5 unspecified atom stereocenters. The van der Waals surface area contributed by atoms with Crippen molar-refractivity contribution < 1.29 is 35.0 Å². The molecular formula is C18H26O7. The molecular weight excluding hydrogens is 328 g/mol. The van der Waals surface area contributed by atoms with E-state index in [-0.39, 0.29) is 11.5 Å². The first-order valence-electron chi connectivity index (χ1n) is 8.34. The summed E-state index contributed by atoms with van der Waals surface area (Å²) in [5.41, 5.74) is 1.36. The average molecular weight is 354 g/mol. The molecule has 140 valence electrons. The minimum Gasteiger partial charge on any atom is -0.504 e. The van der Waals surface area contributed by atoms with Crippen molar-refractivity contribution in [2.75, 3.05) is 0 Å². The molecule has 1 saturated heterocycles. The minimum atomic E-state index is -1.39. The van der Waals surface area contributed by atoms with E-state index >= 15 is 0 Å². The maximum Gasteiger partial charge on any atom is 0.228 e. The molecule has 0 aromatic heterocycles. The van der Waals surface area contributed by atoms with Gasteiger partial charge in [0.1, 0.15) is 24.1 Å². The highest BCUT2D eigenvalue weighted by atomic mass is 16.7. The van der Waals surface area contributed by atoms with Crippen LogP contribution in [0.25, 0.3) is 5.57 Å². The molecule has 1 aliphatic rings. The standard InChI is InChI=1S/C18H26O7/c1-4-5-14(9(2)11-6-7-12(19)13(20)8-11)25-18-17(23)16(22)15(21)10(3)24-18/h6-8,10,15-23H,4-5H2,1-3H3. The third-order valence-corrected chi connectivity index (χ3v) is 4.37. The molecule has 1 aliphatic heterocycles. The predicted octanol–water partition coefficient (Wildman–Crippen LogP) is 1.47. The summed E-state index contributed by atoms with van der Waals surface area (Å²) in [6.07, 6.45) is -4.44. The molecule has 0 aliphatic carbocycles. The Hall–Kier alpha value is -1.80. The van der Waals surface area contributed by atoms with E-state index in [1.54, 1.807) is 19.9 Å². The van der Waals surface area contributed by atoms with Gasteiger partial charge in [0.15, 0.2) is 11.5 Å². The van der Waals surface area contributed by atoms with E-state index in [0.717, 1.165) is 6.42 Å². The summed E-state index contributed by atoms with van der Waals surface area (Å²) in [5.74, 6) is 0.0766. The fraction of sp³-hybridized carbons (Fsp3) is 0.556. The van der Waals surface area contributed by atoms with Gasteiger partial charge in [0.2, 0.25) is 6.29 Å². The smallest absolute Gasteiger partial charge is 0.228 e. The van der Waals surface area contributed by atoms with E-state index in [1.807, 2.05) is 6.92 Å². The molecule has 1 aromatic rings. The van der Waals surface area contributed by atoms with Gasteiger partial charge in [-0.15, -0.1) is 0 Å². The van der Waals surface area contributed by atoms with Crippen LogP contribution >= 0.6 is 0 Å². The van der Waals surface area contributed by atoms with Crippen LogP contribution in [0, 0.1) is 0 Å². The molecule has 0 amide bonds. The van der Waals surface area contributed by atoms with Crippen molar-refractivity contribution in [2.24, 2.45) is 0 Å². The van der Waals surface area contributed by atoms with Crippen molar-refractivity contribution in [1.82, 2.24) is 0 Å². The summed E-state index contributed by atoms with van der Waals surface area (Å²) < 4.78 is 11.3. The van der Waals surface area contributed by atoms with Crippen LogP contribution in [0.1, 0.15) is 39.2 Å². The van der Waals surface area contributed by atoms with E-state index in [1.165, 1.54) is 12.1 Å². The van der Waals surface area contributed by atoms with Crippen LogP contribution < -0.4 is 0 Å². The lowest BCUT2D eigenvalue weighted by Gasteiger charge is -2.39. The summed E-state index contributed by atoms with van der Waals surface area (Å²) >= 11 is 0. The largest absolute Gasteiger partial charge is 0.504 e. The van der Waals surface area contributed by atoms with Gasteiger partial charge in [-0.25, -0.2) is 0 Å². The Bertz CT molecular complexity index is 628. The van der Waals surface area contributed by atoms with Crippen LogP contribution in [0.5, 0.6) is 11.5 Å². The molecule has 0 spiro atoms. The van der Waals surface area contributed by atoms with Crippen molar-refractivity contribution in [3.05, 3.63) is 29.5 Å². The zero-order chi connectivity index (χ0) is 18.7. The van der Waals surface area contributed by atoms with Crippen molar-refractivity contribution in [3.63, 3.8) is 0 Å². The van der Waals surface area contributed by atoms with Crippen LogP contribution in [-0.2, 0) is 9.47 Å². The Kier molecular flexibility index (Phi) is 6.29. The predicted molar refractivity (Wildman–Crippen MR) is 90.7 cm³/mol. The van der Waals surface area contributed by atoms with Crippen molar-refractivity contribution >= 4 is 5.57 Å². The van der Waals surface area contributed by atoms with Crippen molar-refractivity contribution in [1.29, 1.82) is 0 Å². The number of hydrogen-bond donors (Lipinski definition) is 5.